The van der Waals surface area contributed by atoms with E-state index in [2.05, 4.69) is 20.0 Å². The topological polar surface area (TPSA) is 46.2 Å². The zero-order valence-electron chi connectivity index (χ0n) is 22.2. The van der Waals surface area contributed by atoms with Crippen molar-refractivity contribution in [2.24, 2.45) is 0 Å². The number of rotatable bonds is 6. The Balaban J connectivity index is -0.000000237. The van der Waals surface area contributed by atoms with Gasteiger partial charge in [0, 0.05) is 47.5 Å². The Labute approximate surface area is 266 Å². The Hall–Kier alpha value is -1.37. The molecule has 0 amide bonds. The largest absolute Gasteiger partial charge is 2.00 e. The Morgan fingerprint density at radius 2 is 0.975 bits per heavy atom. The van der Waals surface area contributed by atoms with Gasteiger partial charge in [-0.05, 0) is 48.0 Å². The summed E-state index contributed by atoms with van der Waals surface area (Å²) in [5.41, 5.74) is 1.67. The predicted octanol–water partition coefficient (Wildman–Crippen LogP) is 1.95. The van der Waals surface area contributed by atoms with Crippen LogP contribution in [0.5, 0.6) is 0 Å². The van der Waals surface area contributed by atoms with Crippen LogP contribution in [-0.4, -0.2) is 78.9 Å². The molecule has 0 spiro atoms. The minimum Gasteiger partial charge on any atom is -1.00 e. The Morgan fingerprint density at radius 1 is 0.625 bits per heavy atom. The molecule has 12 heteroatoms. The number of benzene rings is 3. The molecule has 0 unspecified atom stereocenters. The van der Waals surface area contributed by atoms with E-state index in [0.29, 0.717) is 0 Å². The Bertz CT molecular complexity index is 867. The molecule has 5 nitrogen and oxygen atoms in total. The third kappa shape index (κ3) is 20.5. The van der Waals surface area contributed by atoms with Gasteiger partial charge in [0.1, 0.15) is 11.6 Å². The van der Waals surface area contributed by atoms with Crippen molar-refractivity contribution in [1.82, 2.24) is 0 Å². The van der Waals surface area contributed by atoms with Gasteiger partial charge in [0.25, 0.3) is 0 Å². The second kappa shape index (κ2) is 29.1. The maximum atomic E-state index is 12.8. The molecule has 1 fully saturated rings. The van der Waals surface area contributed by atoms with Gasteiger partial charge in [0.2, 0.25) is 0 Å². The number of ether oxygens (including phenoxy) is 1. The quantitative estimate of drug-likeness (QED) is 0.305. The smallest absolute Gasteiger partial charge is 1.00 e. The van der Waals surface area contributed by atoms with Crippen LogP contribution in [0.3, 0.4) is 0 Å². The summed E-state index contributed by atoms with van der Waals surface area (Å²) in [6.07, 6.45) is 2.56. The molecule has 4 rings (SSSR count). The molecular formula is C28H40B2BrF3MgO5. The molecule has 40 heavy (non-hydrogen) atoms. The summed E-state index contributed by atoms with van der Waals surface area (Å²) < 4.78 is 61.6. The van der Waals surface area contributed by atoms with E-state index >= 15 is 0 Å². The van der Waals surface area contributed by atoms with Crippen molar-refractivity contribution >= 4 is 48.2 Å². The molecule has 0 N–H and O–H groups in total. The Morgan fingerprint density at radius 3 is 1.18 bits per heavy atom. The summed E-state index contributed by atoms with van der Waals surface area (Å²) in [5.74, 6) is -0.788. The van der Waals surface area contributed by atoms with Crippen LogP contribution in [0.15, 0.2) is 72.8 Å². The van der Waals surface area contributed by atoms with E-state index in [1.54, 1.807) is 31.4 Å². The van der Waals surface area contributed by atoms with Crippen molar-refractivity contribution in [2.45, 2.75) is 27.7 Å². The molecule has 0 saturated carbocycles. The van der Waals surface area contributed by atoms with E-state index in [0.717, 1.165) is 24.1 Å². The summed E-state index contributed by atoms with van der Waals surface area (Å²) in [6.45, 7) is 1.69. The van der Waals surface area contributed by atoms with Gasteiger partial charge in [-0.1, -0.05) is 39.1 Å². The second-order valence-corrected chi connectivity index (χ2v) is 7.25. The molecule has 1 saturated heterocycles. The third-order valence-electron chi connectivity index (χ3n) is 4.66. The maximum absolute atomic E-state index is 12.8. The van der Waals surface area contributed by atoms with E-state index in [1.807, 2.05) is 0 Å². The van der Waals surface area contributed by atoms with Gasteiger partial charge in [-0.15, -0.1) is 12.1 Å². The summed E-state index contributed by atoms with van der Waals surface area (Å²) in [6, 6.07) is 20.6. The van der Waals surface area contributed by atoms with Crippen LogP contribution in [0.2, 0.25) is 0 Å². The van der Waals surface area contributed by atoms with Gasteiger partial charge in [0.15, 0.2) is 0 Å². The first-order chi connectivity index (χ1) is 17.4. The first-order valence-corrected chi connectivity index (χ1v) is 11.3. The van der Waals surface area contributed by atoms with Crippen molar-refractivity contribution in [3.8, 4) is 0 Å². The van der Waals surface area contributed by atoms with E-state index in [1.165, 1.54) is 82.7 Å². The summed E-state index contributed by atoms with van der Waals surface area (Å²) in [4.78, 5) is 0. The molecule has 0 aliphatic carbocycles. The number of hydrogen-bond donors (Lipinski definition) is 0. The number of hydrogen-bond acceptors (Lipinski definition) is 5. The van der Waals surface area contributed by atoms with Crippen molar-refractivity contribution < 1.29 is 53.5 Å². The first kappa shape index (κ1) is 45.6. The standard InChI is InChI=1S/C13H11BF2O.C6H4F.C4H8O.C3H9BO3.2CH4.BrH.Mg/c1-17-14(10-2-6-12(15)7-3-10)11-4-8-13(16)9-5-11;7-6-4-2-1-3-5-6;1-2-4-5-3-1;1-5-4(6-2)7-3;;;;/h2-9H,1H3;2-5H;1-4H2;1-3H3;2*1H4;1H;/q;-1;;;;;;+2/p-1. The van der Waals surface area contributed by atoms with Crippen LogP contribution in [-0.2, 0) is 23.4 Å². The average molecular weight is 639 g/mol. The third-order valence-corrected chi connectivity index (χ3v) is 4.66. The fourth-order valence-electron chi connectivity index (χ4n) is 2.91. The molecule has 1 aliphatic rings. The molecule has 1 aliphatic heterocycles. The monoisotopic (exact) mass is 638 g/mol. The molecule has 1 heterocycles. The van der Waals surface area contributed by atoms with Crippen molar-refractivity contribution in [3.63, 3.8) is 0 Å². The average Bonchev–Trinajstić information content (AvgIpc) is 3.50. The molecule has 3 aromatic rings. The van der Waals surface area contributed by atoms with E-state index in [-0.39, 0.29) is 79.3 Å². The molecule has 218 valence electrons. The summed E-state index contributed by atoms with van der Waals surface area (Å²) >= 11 is 0. The van der Waals surface area contributed by atoms with Crippen molar-refractivity contribution in [3.05, 3.63) is 96.3 Å². The molecular weight excluding hydrogens is 599 g/mol. The van der Waals surface area contributed by atoms with Gasteiger partial charge in [-0.25, -0.2) is 13.2 Å². The number of halogens is 4. The minimum absolute atomic E-state index is 0. The fourth-order valence-corrected chi connectivity index (χ4v) is 2.91. The SMILES string of the molecule is C.C.C1CCOC1.COB(OC)OC.COB(c1ccc(F)cc1)c1ccc(F)cc1.Fc1cc[c-]cc1.[Br-].[Mg+2]. The molecule has 3 aromatic carbocycles. The van der Waals surface area contributed by atoms with E-state index < -0.39 is 7.32 Å². The van der Waals surface area contributed by atoms with E-state index in [4.69, 9.17) is 9.39 Å². The summed E-state index contributed by atoms with van der Waals surface area (Å²) in [5, 5.41) is 0. The second-order valence-electron chi connectivity index (χ2n) is 7.25. The van der Waals surface area contributed by atoms with Gasteiger partial charge in [0.05, 0.1) is 0 Å². The van der Waals surface area contributed by atoms with Crippen LogP contribution in [0.4, 0.5) is 13.2 Å². The van der Waals surface area contributed by atoms with Crippen LogP contribution in [0, 0.1) is 23.5 Å². The minimum atomic E-state index is -0.514. The van der Waals surface area contributed by atoms with Crippen molar-refractivity contribution in [1.29, 1.82) is 0 Å². The van der Waals surface area contributed by atoms with Gasteiger partial charge in [-0.3, -0.25) is 0 Å². The molecule has 0 radical (unpaired) electrons. The van der Waals surface area contributed by atoms with Gasteiger partial charge in [-0.2, -0.15) is 18.2 Å². The first-order valence-electron chi connectivity index (χ1n) is 11.3. The summed E-state index contributed by atoms with van der Waals surface area (Å²) in [7, 11) is 5.59. The van der Waals surface area contributed by atoms with Crippen LogP contribution < -0.4 is 27.9 Å². The zero-order chi connectivity index (χ0) is 26.6. The van der Waals surface area contributed by atoms with Crippen LogP contribution in [0.1, 0.15) is 27.7 Å². The maximum Gasteiger partial charge on any atom is 2.00 e. The van der Waals surface area contributed by atoms with Crippen LogP contribution >= 0.6 is 0 Å². The molecule has 0 bridgehead atoms. The predicted molar refractivity (Wildman–Crippen MR) is 156 cm³/mol. The fraction of sp³-hybridized carbons (Fsp3) is 0.357. The zero-order valence-corrected chi connectivity index (χ0v) is 25.2. The van der Waals surface area contributed by atoms with E-state index in [9.17, 15) is 13.2 Å². The molecule has 0 aromatic heterocycles. The normalized spacial score (nSPS) is 10.5. The van der Waals surface area contributed by atoms with Gasteiger partial charge >= 0.3 is 37.3 Å². The Kier molecular flexibility index (Phi) is 33.2. The van der Waals surface area contributed by atoms with Gasteiger partial charge < -0.3 is 40.3 Å². The van der Waals surface area contributed by atoms with Crippen LogP contribution in [0.25, 0.3) is 0 Å². The van der Waals surface area contributed by atoms with Crippen molar-refractivity contribution in [2.75, 3.05) is 41.7 Å². The molecule has 0 atom stereocenters.